The first-order chi connectivity index (χ1) is 16.4. The first-order valence-corrected chi connectivity index (χ1v) is 11.5. The van der Waals surface area contributed by atoms with Gasteiger partial charge < -0.3 is 15.0 Å². The monoisotopic (exact) mass is 456 g/mol. The lowest BCUT2D eigenvalue weighted by Gasteiger charge is -2.16. The summed E-state index contributed by atoms with van der Waals surface area (Å²) in [6.07, 6.45) is 2.06. The Labute approximate surface area is 199 Å². The van der Waals surface area contributed by atoms with Crippen molar-refractivity contribution in [2.24, 2.45) is 0 Å². The van der Waals surface area contributed by atoms with E-state index in [2.05, 4.69) is 5.32 Å². The molecule has 3 aromatic rings. The van der Waals surface area contributed by atoms with E-state index >= 15 is 0 Å². The molecule has 0 radical (unpaired) electrons. The molecule has 4 rings (SSSR count). The number of anilines is 1. The summed E-state index contributed by atoms with van der Waals surface area (Å²) in [5.41, 5.74) is 3.82. The van der Waals surface area contributed by atoms with Gasteiger partial charge in [0.25, 0.3) is 11.8 Å². The van der Waals surface area contributed by atoms with Crippen LogP contribution in [0.3, 0.4) is 0 Å². The van der Waals surface area contributed by atoms with Gasteiger partial charge in [0.2, 0.25) is 0 Å². The zero-order valence-electron chi connectivity index (χ0n) is 19.5. The number of benzene rings is 3. The van der Waals surface area contributed by atoms with Gasteiger partial charge in [0.05, 0.1) is 5.56 Å². The van der Waals surface area contributed by atoms with Crippen molar-refractivity contribution in [2.45, 2.75) is 26.7 Å². The van der Waals surface area contributed by atoms with Gasteiger partial charge >= 0.3 is 0 Å². The molecular weight excluding hydrogens is 428 g/mol. The lowest BCUT2D eigenvalue weighted by molar-refractivity contribution is -0.132. The molecule has 1 heterocycles. The van der Waals surface area contributed by atoms with Gasteiger partial charge in [0.1, 0.15) is 5.75 Å². The molecule has 0 atom stereocenters. The Balaban J connectivity index is 1.47. The van der Waals surface area contributed by atoms with Crippen molar-refractivity contribution in [3.05, 3.63) is 94.5 Å². The second kappa shape index (κ2) is 10.3. The Morgan fingerprint density at radius 1 is 0.853 bits per heavy atom. The van der Waals surface area contributed by atoms with Crippen LogP contribution in [0.5, 0.6) is 5.75 Å². The zero-order valence-corrected chi connectivity index (χ0v) is 19.5. The van der Waals surface area contributed by atoms with Crippen molar-refractivity contribution in [2.75, 3.05) is 25.0 Å². The number of carbonyl (C=O) groups excluding carboxylic acids is 3. The van der Waals surface area contributed by atoms with Gasteiger partial charge in [-0.2, -0.15) is 0 Å². The number of aryl methyl sites for hydroxylation is 2. The number of carbonyl (C=O) groups is 3. The number of hydrogen-bond acceptors (Lipinski definition) is 4. The van der Waals surface area contributed by atoms with E-state index in [9.17, 15) is 14.4 Å². The molecule has 0 saturated carbocycles. The SMILES string of the molecule is Cc1ccc(C(=O)c2ccccc2C(=O)Nc2cccc(OCC(=O)N3CCCC3)c2)cc1C. The van der Waals surface area contributed by atoms with E-state index in [1.54, 1.807) is 59.5 Å². The fraction of sp³-hybridized carbons (Fsp3) is 0.250. The average molecular weight is 457 g/mol. The number of rotatable bonds is 7. The summed E-state index contributed by atoms with van der Waals surface area (Å²) >= 11 is 0. The fourth-order valence-corrected chi connectivity index (χ4v) is 3.98. The van der Waals surface area contributed by atoms with Crippen LogP contribution in [0.2, 0.25) is 0 Å². The molecule has 1 fully saturated rings. The van der Waals surface area contributed by atoms with Gasteiger partial charge in [0.15, 0.2) is 12.4 Å². The molecule has 0 spiro atoms. The Hall–Kier alpha value is -3.93. The van der Waals surface area contributed by atoms with Crippen LogP contribution in [0.25, 0.3) is 0 Å². The third-order valence-electron chi connectivity index (χ3n) is 6.10. The molecule has 174 valence electrons. The van der Waals surface area contributed by atoms with Crippen LogP contribution in [0.1, 0.15) is 50.2 Å². The highest BCUT2D eigenvalue weighted by Gasteiger charge is 2.20. The number of ketones is 1. The van der Waals surface area contributed by atoms with Gasteiger partial charge in [0, 0.05) is 36.0 Å². The van der Waals surface area contributed by atoms with E-state index < -0.39 is 5.91 Å². The molecule has 6 heteroatoms. The summed E-state index contributed by atoms with van der Waals surface area (Å²) in [4.78, 5) is 40.3. The number of ether oxygens (including phenoxy) is 1. The minimum atomic E-state index is -0.391. The molecule has 1 saturated heterocycles. The standard InChI is InChI=1S/C28H28N2O4/c1-19-12-13-21(16-20(19)2)27(32)24-10-3-4-11-25(24)28(33)29-22-8-7-9-23(17-22)34-18-26(31)30-14-5-6-15-30/h3-4,7-13,16-17H,5-6,14-15,18H2,1-2H3,(H,29,33). The highest BCUT2D eigenvalue weighted by Crippen LogP contribution is 2.21. The molecule has 34 heavy (non-hydrogen) atoms. The van der Waals surface area contributed by atoms with E-state index in [0.717, 1.165) is 37.1 Å². The smallest absolute Gasteiger partial charge is 0.260 e. The Morgan fingerprint density at radius 2 is 1.59 bits per heavy atom. The van der Waals surface area contributed by atoms with E-state index in [0.29, 0.717) is 28.1 Å². The van der Waals surface area contributed by atoms with E-state index in [-0.39, 0.29) is 18.3 Å². The molecular formula is C28H28N2O4. The predicted octanol–water partition coefficient (Wildman–Crippen LogP) is 4.79. The summed E-state index contributed by atoms with van der Waals surface area (Å²) in [5.74, 6) is -0.139. The lowest BCUT2D eigenvalue weighted by Crippen LogP contribution is -2.32. The van der Waals surface area contributed by atoms with Crippen LogP contribution in [0, 0.1) is 13.8 Å². The first kappa shape index (κ1) is 23.2. The number of nitrogens with zero attached hydrogens (tertiary/aromatic N) is 1. The maximum Gasteiger partial charge on any atom is 0.260 e. The van der Waals surface area contributed by atoms with E-state index in [4.69, 9.17) is 4.74 Å². The molecule has 1 aliphatic rings. The van der Waals surface area contributed by atoms with Crippen LogP contribution in [0.15, 0.2) is 66.7 Å². The summed E-state index contributed by atoms with van der Waals surface area (Å²) in [6.45, 7) is 5.46. The second-order valence-corrected chi connectivity index (χ2v) is 8.53. The van der Waals surface area contributed by atoms with Crippen molar-refractivity contribution < 1.29 is 19.1 Å². The largest absolute Gasteiger partial charge is 0.484 e. The van der Waals surface area contributed by atoms with Crippen molar-refractivity contribution in [3.8, 4) is 5.75 Å². The zero-order chi connectivity index (χ0) is 24.1. The normalized spacial score (nSPS) is 12.9. The number of hydrogen-bond donors (Lipinski definition) is 1. The van der Waals surface area contributed by atoms with Crippen molar-refractivity contribution in [1.82, 2.24) is 4.90 Å². The number of amides is 2. The Morgan fingerprint density at radius 3 is 2.32 bits per heavy atom. The molecule has 0 aliphatic carbocycles. The highest BCUT2D eigenvalue weighted by atomic mass is 16.5. The maximum atomic E-state index is 13.2. The topological polar surface area (TPSA) is 75.7 Å². The van der Waals surface area contributed by atoms with E-state index in [1.165, 1.54) is 0 Å². The summed E-state index contributed by atoms with van der Waals surface area (Å²) in [7, 11) is 0. The first-order valence-electron chi connectivity index (χ1n) is 11.5. The fourth-order valence-electron chi connectivity index (χ4n) is 3.98. The minimum absolute atomic E-state index is 0.0364. The van der Waals surface area contributed by atoms with Gasteiger partial charge in [-0.3, -0.25) is 14.4 Å². The lowest BCUT2D eigenvalue weighted by atomic mass is 9.95. The van der Waals surface area contributed by atoms with Crippen LogP contribution in [-0.2, 0) is 4.79 Å². The molecule has 6 nitrogen and oxygen atoms in total. The molecule has 0 unspecified atom stereocenters. The molecule has 3 aromatic carbocycles. The molecule has 1 aliphatic heterocycles. The molecule has 0 aromatic heterocycles. The van der Waals surface area contributed by atoms with Gasteiger partial charge in [-0.15, -0.1) is 0 Å². The maximum absolute atomic E-state index is 13.2. The third kappa shape index (κ3) is 5.34. The molecule has 2 amide bonds. The van der Waals surface area contributed by atoms with Crippen molar-refractivity contribution >= 4 is 23.3 Å². The van der Waals surface area contributed by atoms with Crippen LogP contribution >= 0.6 is 0 Å². The van der Waals surface area contributed by atoms with Crippen LogP contribution in [-0.4, -0.2) is 42.2 Å². The van der Waals surface area contributed by atoms with Crippen LogP contribution in [0.4, 0.5) is 5.69 Å². The van der Waals surface area contributed by atoms with Crippen molar-refractivity contribution in [1.29, 1.82) is 0 Å². The van der Waals surface area contributed by atoms with Crippen LogP contribution < -0.4 is 10.1 Å². The van der Waals surface area contributed by atoms with Crippen molar-refractivity contribution in [3.63, 3.8) is 0 Å². The van der Waals surface area contributed by atoms with E-state index in [1.807, 2.05) is 26.0 Å². The quantitative estimate of drug-likeness (QED) is 0.519. The minimum Gasteiger partial charge on any atom is -0.484 e. The average Bonchev–Trinajstić information content (AvgIpc) is 3.39. The third-order valence-corrected chi connectivity index (χ3v) is 6.10. The Kier molecular flexibility index (Phi) is 7.07. The summed E-state index contributed by atoms with van der Waals surface area (Å²) in [6, 6.07) is 19.2. The van der Waals surface area contributed by atoms with Gasteiger partial charge in [-0.05, 0) is 62.1 Å². The molecule has 0 bridgehead atoms. The summed E-state index contributed by atoms with van der Waals surface area (Å²) in [5, 5.41) is 2.84. The number of likely N-dealkylation sites (tertiary alicyclic amines) is 1. The van der Waals surface area contributed by atoms with Gasteiger partial charge in [-0.25, -0.2) is 0 Å². The summed E-state index contributed by atoms with van der Waals surface area (Å²) < 4.78 is 5.65. The number of nitrogens with one attached hydrogen (secondary N) is 1. The van der Waals surface area contributed by atoms with Gasteiger partial charge in [-0.1, -0.05) is 36.4 Å². The highest BCUT2D eigenvalue weighted by molar-refractivity contribution is 6.17. The second-order valence-electron chi connectivity index (χ2n) is 8.53. The molecule has 1 N–H and O–H groups in total. The Bertz CT molecular complexity index is 1230. The predicted molar refractivity (Wildman–Crippen MR) is 131 cm³/mol.